The molecule has 0 aromatic heterocycles. The van der Waals surface area contributed by atoms with Crippen LogP contribution in [0.2, 0.25) is 0 Å². The minimum atomic E-state index is 0.121. The fourth-order valence-electron chi connectivity index (χ4n) is 1.54. The van der Waals surface area contributed by atoms with Crippen LogP contribution in [0.1, 0.15) is 25.0 Å². The summed E-state index contributed by atoms with van der Waals surface area (Å²) in [6, 6.07) is 8.04. The van der Waals surface area contributed by atoms with Crippen LogP contribution in [0.4, 0.5) is 0 Å². The van der Waals surface area contributed by atoms with Gasteiger partial charge in [-0.15, -0.1) is 0 Å². The summed E-state index contributed by atoms with van der Waals surface area (Å²) in [5.41, 5.74) is 1.18. The molecule has 3 heteroatoms. The Labute approximate surface area is 97.8 Å². The molecule has 0 saturated carbocycles. The monoisotopic (exact) mass is 223 g/mol. The molecule has 1 N–H and O–H groups in total. The maximum atomic E-state index is 5.79. The standard InChI is InChI=1S/C13H21NO2/c1-4-9-16-13(10-14-2)11-5-7-12(15-3)8-6-11/h5-8,13-14H,4,9-10H2,1-3H3. The van der Waals surface area contributed by atoms with Gasteiger partial charge in [0.25, 0.3) is 0 Å². The summed E-state index contributed by atoms with van der Waals surface area (Å²) in [4.78, 5) is 0. The van der Waals surface area contributed by atoms with Gasteiger partial charge < -0.3 is 14.8 Å². The summed E-state index contributed by atoms with van der Waals surface area (Å²) in [5, 5.41) is 3.15. The zero-order valence-electron chi connectivity index (χ0n) is 10.3. The molecule has 0 aliphatic heterocycles. The fourth-order valence-corrected chi connectivity index (χ4v) is 1.54. The number of hydrogen-bond donors (Lipinski definition) is 1. The largest absolute Gasteiger partial charge is 0.497 e. The first-order valence-electron chi connectivity index (χ1n) is 5.72. The SMILES string of the molecule is CCCOC(CNC)c1ccc(OC)cc1. The lowest BCUT2D eigenvalue weighted by atomic mass is 10.1. The van der Waals surface area contributed by atoms with E-state index in [-0.39, 0.29) is 6.10 Å². The van der Waals surface area contributed by atoms with Crippen LogP contribution >= 0.6 is 0 Å². The van der Waals surface area contributed by atoms with Crippen LogP contribution in [0.5, 0.6) is 5.75 Å². The number of benzene rings is 1. The van der Waals surface area contributed by atoms with Crippen molar-refractivity contribution in [2.24, 2.45) is 0 Å². The molecular formula is C13H21NO2. The van der Waals surface area contributed by atoms with E-state index in [0.29, 0.717) is 0 Å². The van der Waals surface area contributed by atoms with Crippen LogP contribution < -0.4 is 10.1 Å². The van der Waals surface area contributed by atoms with E-state index in [0.717, 1.165) is 25.3 Å². The Morgan fingerprint density at radius 1 is 1.25 bits per heavy atom. The molecule has 0 spiro atoms. The normalized spacial score (nSPS) is 12.4. The number of rotatable bonds is 7. The first-order chi connectivity index (χ1) is 7.81. The molecule has 0 fully saturated rings. The van der Waals surface area contributed by atoms with E-state index in [1.54, 1.807) is 7.11 Å². The van der Waals surface area contributed by atoms with Gasteiger partial charge in [0, 0.05) is 13.2 Å². The molecule has 1 unspecified atom stereocenters. The summed E-state index contributed by atoms with van der Waals surface area (Å²) in [6.07, 6.45) is 1.16. The highest BCUT2D eigenvalue weighted by atomic mass is 16.5. The van der Waals surface area contributed by atoms with Crippen molar-refractivity contribution in [3.8, 4) is 5.75 Å². The van der Waals surface area contributed by atoms with Crippen LogP contribution in [-0.4, -0.2) is 27.3 Å². The number of ether oxygens (including phenoxy) is 2. The Kier molecular flexibility index (Phi) is 5.90. The molecule has 0 bridgehead atoms. The Morgan fingerprint density at radius 2 is 1.94 bits per heavy atom. The molecule has 1 atom stereocenters. The first-order valence-corrected chi connectivity index (χ1v) is 5.72. The van der Waals surface area contributed by atoms with Crippen LogP contribution in [0.3, 0.4) is 0 Å². The van der Waals surface area contributed by atoms with Crippen molar-refractivity contribution in [3.63, 3.8) is 0 Å². The molecule has 0 saturated heterocycles. The second-order valence-corrected chi connectivity index (χ2v) is 3.69. The van der Waals surface area contributed by atoms with Crippen molar-refractivity contribution in [1.82, 2.24) is 5.32 Å². The fraction of sp³-hybridized carbons (Fsp3) is 0.538. The maximum absolute atomic E-state index is 5.79. The van der Waals surface area contributed by atoms with Crippen LogP contribution in [0.15, 0.2) is 24.3 Å². The van der Waals surface area contributed by atoms with Gasteiger partial charge in [0.15, 0.2) is 0 Å². The Bertz CT molecular complexity index is 284. The van der Waals surface area contributed by atoms with Gasteiger partial charge in [0.05, 0.1) is 13.2 Å². The molecule has 16 heavy (non-hydrogen) atoms. The Morgan fingerprint density at radius 3 is 2.44 bits per heavy atom. The van der Waals surface area contributed by atoms with Gasteiger partial charge in [-0.3, -0.25) is 0 Å². The molecule has 90 valence electrons. The molecule has 0 amide bonds. The highest BCUT2D eigenvalue weighted by Crippen LogP contribution is 2.20. The molecule has 0 heterocycles. The first kappa shape index (κ1) is 13.0. The van der Waals surface area contributed by atoms with Gasteiger partial charge >= 0.3 is 0 Å². The zero-order chi connectivity index (χ0) is 11.8. The van der Waals surface area contributed by atoms with Gasteiger partial charge in [-0.2, -0.15) is 0 Å². The van der Waals surface area contributed by atoms with E-state index < -0.39 is 0 Å². The highest BCUT2D eigenvalue weighted by Gasteiger charge is 2.10. The molecule has 0 radical (unpaired) electrons. The van der Waals surface area contributed by atoms with Gasteiger partial charge in [-0.05, 0) is 31.2 Å². The molecule has 3 nitrogen and oxygen atoms in total. The number of likely N-dealkylation sites (N-methyl/N-ethyl adjacent to an activating group) is 1. The average Bonchev–Trinajstić information content (AvgIpc) is 2.35. The van der Waals surface area contributed by atoms with E-state index in [9.17, 15) is 0 Å². The lowest BCUT2D eigenvalue weighted by molar-refractivity contribution is 0.0543. The average molecular weight is 223 g/mol. The second-order valence-electron chi connectivity index (χ2n) is 3.69. The lowest BCUT2D eigenvalue weighted by Crippen LogP contribution is -2.20. The van der Waals surface area contributed by atoms with Gasteiger partial charge in [0.2, 0.25) is 0 Å². The molecular weight excluding hydrogens is 202 g/mol. The van der Waals surface area contributed by atoms with Crippen molar-refractivity contribution >= 4 is 0 Å². The molecule has 1 aromatic rings. The zero-order valence-corrected chi connectivity index (χ0v) is 10.3. The molecule has 0 aliphatic carbocycles. The van der Waals surface area contributed by atoms with Crippen LogP contribution in [0, 0.1) is 0 Å². The number of methoxy groups -OCH3 is 1. The summed E-state index contributed by atoms with van der Waals surface area (Å²) >= 11 is 0. The third kappa shape index (κ3) is 3.83. The predicted octanol–water partition coefficient (Wildman–Crippen LogP) is 2.38. The Balaban J connectivity index is 2.67. The maximum Gasteiger partial charge on any atom is 0.118 e. The van der Waals surface area contributed by atoms with E-state index >= 15 is 0 Å². The van der Waals surface area contributed by atoms with Gasteiger partial charge in [-0.1, -0.05) is 19.1 Å². The highest BCUT2D eigenvalue weighted by molar-refractivity contribution is 5.28. The molecule has 1 aromatic carbocycles. The molecule has 0 aliphatic rings. The van der Waals surface area contributed by atoms with Crippen molar-refractivity contribution < 1.29 is 9.47 Å². The lowest BCUT2D eigenvalue weighted by Gasteiger charge is -2.17. The van der Waals surface area contributed by atoms with Crippen molar-refractivity contribution in [2.45, 2.75) is 19.4 Å². The van der Waals surface area contributed by atoms with Crippen molar-refractivity contribution in [1.29, 1.82) is 0 Å². The molecule has 1 rings (SSSR count). The second kappa shape index (κ2) is 7.25. The third-order valence-electron chi connectivity index (χ3n) is 2.40. The minimum Gasteiger partial charge on any atom is -0.497 e. The topological polar surface area (TPSA) is 30.5 Å². The van der Waals surface area contributed by atoms with E-state index in [1.165, 1.54) is 5.56 Å². The van der Waals surface area contributed by atoms with Crippen molar-refractivity contribution in [2.75, 3.05) is 27.3 Å². The van der Waals surface area contributed by atoms with E-state index in [2.05, 4.69) is 24.4 Å². The van der Waals surface area contributed by atoms with Gasteiger partial charge in [-0.25, -0.2) is 0 Å². The smallest absolute Gasteiger partial charge is 0.118 e. The van der Waals surface area contributed by atoms with Crippen molar-refractivity contribution in [3.05, 3.63) is 29.8 Å². The predicted molar refractivity (Wildman–Crippen MR) is 65.9 cm³/mol. The Hall–Kier alpha value is -1.06. The van der Waals surface area contributed by atoms with E-state index in [4.69, 9.17) is 9.47 Å². The summed E-state index contributed by atoms with van der Waals surface area (Å²) < 4.78 is 10.9. The summed E-state index contributed by atoms with van der Waals surface area (Å²) in [7, 11) is 3.61. The van der Waals surface area contributed by atoms with E-state index in [1.807, 2.05) is 19.2 Å². The summed E-state index contributed by atoms with van der Waals surface area (Å²) in [6.45, 7) is 3.73. The van der Waals surface area contributed by atoms with Gasteiger partial charge in [0.1, 0.15) is 5.75 Å². The summed E-state index contributed by atoms with van der Waals surface area (Å²) in [5.74, 6) is 0.877. The minimum absolute atomic E-state index is 0.121. The van der Waals surface area contributed by atoms with Crippen LogP contribution in [-0.2, 0) is 4.74 Å². The third-order valence-corrected chi connectivity index (χ3v) is 2.40. The quantitative estimate of drug-likeness (QED) is 0.770. The number of nitrogens with one attached hydrogen (secondary N) is 1. The van der Waals surface area contributed by atoms with Crippen LogP contribution in [0.25, 0.3) is 0 Å². The number of hydrogen-bond acceptors (Lipinski definition) is 3.